The fourth-order valence-corrected chi connectivity index (χ4v) is 2.58. The van der Waals surface area contributed by atoms with Crippen LogP contribution < -0.4 is 5.46 Å². The van der Waals surface area contributed by atoms with E-state index < -0.39 is 0 Å². The van der Waals surface area contributed by atoms with Crippen molar-refractivity contribution in [3.8, 4) is 5.69 Å². The normalized spacial score (nSPS) is 19.6. The lowest BCUT2D eigenvalue weighted by Gasteiger charge is -2.32. The summed E-state index contributed by atoms with van der Waals surface area (Å²) in [5, 5.41) is 4.62. The van der Waals surface area contributed by atoms with Gasteiger partial charge in [-0.1, -0.05) is 12.1 Å². The molecule has 0 spiro atoms. The SMILES string of the molecule is Cc1cccc(-n2cc(B3OC(C)(C)C(C)(C)O3)c(C)n2)c1. The molecule has 1 fully saturated rings. The maximum absolute atomic E-state index is 6.13. The molecule has 2 heterocycles. The van der Waals surface area contributed by atoms with E-state index in [-0.39, 0.29) is 18.3 Å². The van der Waals surface area contributed by atoms with Crippen molar-refractivity contribution >= 4 is 12.6 Å². The first-order valence-corrected chi connectivity index (χ1v) is 7.68. The van der Waals surface area contributed by atoms with E-state index in [1.165, 1.54) is 5.56 Å². The third-order valence-electron chi connectivity index (χ3n) is 4.71. The topological polar surface area (TPSA) is 36.3 Å². The monoisotopic (exact) mass is 298 g/mol. The van der Waals surface area contributed by atoms with Crippen molar-refractivity contribution in [1.82, 2.24) is 9.78 Å². The molecular weight excluding hydrogens is 275 g/mol. The Labute approximate surface area is 132 Å². The third-order valence-corrected chi connectivity index (χ3v) is 4.71. The minimum atomic E-state index is -0.372. The van der Waals surface area contributed by atoms with E-state index in [1.807, 2.05) is 29.9 Å². The first-order chi connectivity index (χ1) is 10.2. The van der Waals surface area contributed by atoms with Crippen LogP contribution in [0.4, 0.5) is 0 Å². The molecule has 0 N–H and O–H groups in total. The lowest BCUT2D eigenvalue weighted by Crippen LogP contribution is -2.41. The molecule has 3 rings (SSSR count). The van der Waals surface area contributed by atoms with Gasteiger partial charge in [-0.3, -0.25) is 0 Å². The van der Waals surface area contributed by atoms with Gasteiger partial charge in [0.2, 0.25) is 0 Å². The molecule has 1 aromatic heterocycles. The molecule has 0 aliphatic carbocycles. The third kappa shape index (κ3) is 2.48. The van der Waals surface area contributed by atoms with Crippen LogP contribution in [0.5, 0.6) is 0 Å². The highest BCUT2D eigenvalue weighted by atomic mass is 16.7. The Morgan fingerprint density at radius 2 is 1.68 bits per heavy atom. The zero-order valence-electron chi connectivity index (χ0n) is 14.2. The molecule has 0 unspecified atom stereocenters. The van der Waals surface area contributed by atoms with Gasteiger partial charge in [0.25, 0.3) is 0 Å². The van der Waals surface area contributed by atoms with E-state index in [2.05, 4.69) is 51.9 Å². The molecule has 5 heteroatoms. The van der Waals surface area contributed by atoms with Crippen molar-refractivity contribution in [1.29, 1.82) is 0 Å². The van der Waals surface area contributed by atoms with E-state index in [4.69, 9.17) is 9.31 Å². The lowest BCUT2D eigenvalue weighted by atomic mass is 9.79. The van der Waals surface area contributed by atoms with Crippen LogP contribution in [-0.2, 0) is 9.31 Å². The predicted molar refractivity (Wildman–Crippen MR) is 88.8 cm³/mol. The van der Waals surface area contributed by atoms with Crippen molar-refractivity contribution in [2.24, 2.45) is 0 Å². The summed E-state index contributed by atoms with van der Waals surface area (Å²) in [6.45, 7) is 12.3. The number of hydrogen-bond donors (Lipinski definition) is 0. The van der Waals surface area contributed by atoms with Crippen molar-refractivity contribution in [3.63, 3.8) is 0 Å². The van der Waals surface area contributed by atoms with Gasteiger partial charge in [0.1, 0.15) is 0 Å². The average molecular weight is 298 g/mol. The van der Waals surface area contributed by atoms with Crippen LogP contribution in [-0.4, -0.2) is 28.1 Å². The van der Waals surface area contributed by atoms with Gasteiger partial charge in [0.05, 0.1) is 22.6 Å². The first-order valence-electron chi connectivity index (χ1n) is 7.68. The molecule has 22 heavy (non-hydrogen) atoms. The minimum absolute atomic E-state index is 0.338. The van der Waals surface area contributed by atoms with Crippen molar-refractivity contribution < 1.29 is 9.31 Å². The maximum atomic E-state index is 6.13. The molecular formula is C17H23BN2O2. The number of nitrogens with zero attached hydrogens (tertiary/aromatic N) is 2. The van der Waals surface area contributed by atoms with Crippen LogP contribution >= 0.6 is 0 Å². The standard InChI is InChI=1S/C17H23BN2O2/c1-12-8-7-9-14(10-12)20-11-15(13(2)19-20)18-21-16(3,4)17(5,6)22-18/h7-11H,1-6H3. The Balaban J connectivity index is 1.94. The van der Waals surface area contributed by atoms with Crippen LogP contribution in [0.15, 0.2) is 30.5 Å². The summed E-state index contributed by atoms with van der Waals surface area (Å²) < 4.78 is 14.1. The van der Waals surface area contributed by atoms with Gasteiger partial charge in [0, 0.05) is 11.7 Å². The Morgan fingerprint density at radius 1 is 1.05 bits per heavy atom. The summed E-state index contributed by atoms with van der Waals surface area (Å²) in [6, 6.07) is 8.28. The van der Waals surface area contributed by atoms with E-state index >= 15 is 0 Å². The van der Waals surface area contributed by atoms with Crippen LogP contribution in [0.2, 0.25) is 0 Å². The molecule has 0 atom stereocenters. The van der Waals surface area contributed by atoms with E-state index in [1.54, 1.807) is 0 Å². The molecule has 1 saturated heterocycles. The number of hydrogen-bond acceptors (Lipinski definition) is 3. The minimum Gasteiger partial charge on any atom is -0.399 e. The quantitative estimate of drug-likeness (QED) is 0.800. The number of benzene rings is 1. The molecule has 1 aliphatic heterocycles. The second-order valence-corrected chi connectivity index (χ2v) is 7.04. The second-order valence-electron chi connectivity index (χ2n) is 7.04. The summed E-state index contributed by atoms with van der Waals surface area (Å²) in [4.78, 5) is 0. The van der Waals surface area contributed by atoms with Crippen LogP contribution in [0.3, 0.4) is 0 Å². The van der Waals surface area contributed by atoms with Crippen molar-refractivity contribution in [2.45, 2.75) is 52.7 Å². The summed E-state index contributed by atoms with van der Waals surface area (Å²) in [5.74, 6) is 0. The zero-order valence-corrected chi connectivity index (χ0v) is 14.2. The highest BCUT2D eigenvalue weighted by molar-refractivity contribution is 6.62. The van der Waals surface area contributed by atoms with E-state index in [0.717, 1.165) is 16.8 Å². The van der Waals surface area contributed by atoms with Gasteiger partial charge in [-0.05, 0) is 59.2 Å². The Hall–Kier alpha value is -1.59. The number of rotatable bonds is 2. The van der Waals surface area contributed by atoms with Crippen LogP contribution in [0, 0.1) is 13.8 Å². The molecule has 116 valence electrons. The molecule has 0 amide bonds. The van der Waals surface area contributed by atoms with Gasteiger partial charge >= 0.3 is 7.12 Å². The van der Waals surface area contributed by atoms with Crippen molar-refractivity contribution in [3.05, 3.63) is 41.7 Å². The molecule has 0 saturated carbocycles. The Kier molecular flexibility index (Phi) is 3.46. The maximum Gasteiger partial charge on any atom is 0.498 e. The highest BCUT2D eigenvalue weighted by Crippen LogP contribution is 2.36. The Bertz CT molecular complexity index is 690. The highest BCUT2D eigenvalue weighted by Gasteiger charge is 2.52. The van der Waals surface area contributed by atoms with Crippen LogP contribution in [0.1, 0.15) is 39.0 Å². The van der Waals surface area contributed by atoms with Gasteiger partial charge in [0.15, 0.2) is 0 Å². The molecule has 0 radical (unpaired) electrons. The zero-order chi connectivity index (χ0) is 16.1. The fraction of sp³-hybridized carbons (Fsp3) is 0.471. The summed E-state index contributed by atoms with van der Waals surface area (Å²) in [5.41, 5.74) is 3.50. The molecule has 4 nitrogen and oxygen atoms in total. The largest absolute Gasteiger partial charge is 0.498 e. The average Bonchev–Trinajstić information content (AvgIpc) is 2.88. The lowest BCUT2D eigenvalue weighted by molar-refractivity contribution is 0.00578. The summed E-state index contributed by atoms with van der Waals surface area (Å²) >= 11 is 0. The summed E-state index contributed by atoms with van der Waals surface area (Å²) in [6.07, 6.45) is 2.01. The molecule has 0 bridgehead atoms. The van der Waals surface area contributed by atoms with E-state index in [9.17, 15) is 0 Å². The number of aryl methyl sites for hydroxylation is 2. The van der Waals surface area contributed by atoms with Gasteiger partial charge < -0.3 is 9.31 Å². The second kappa shape index (κ2) is 4.96. The molecule has 1 aliphatic rings. The van der Waals surface area contributed by atoms with Crippen molar-refractivity contribution in [2.75, 3.05) is 0 Å². The number of aromatic nitrogens is 2. The Morgan fingerprint density at radius 3 is 2.27 bits per heavy atom. The molecule has 2 aromatic rings. The van der Waals surface area contributed by atoms with Gasteiger partial charge in [-0.25, -0.2) is 4.68 Å². The fourth-order valence-electron chi connectivity index (χ4n) is 2.58. The van der Waals surface area contributed by atoms with E-state index in [0.29, 0.717) is 0 Å². The first kappa shape index (κ1) is 15.3. The molecule has 1 aromatic carbocycles. The van der Waals surface area contributed by atoms with Gasteiger partial charge in [-0.15, -0.1) is 0 Å². The smallest absolute Gasteiger partial charge is 0.399 e. The van der Waals surface area contributed by atoms with Crippen LogP contribution in [0.25, 0.3) is 5.69 Å². The summed E-state index contributed by atoms with van der Waals surface area (Å²) in [7, 11) is -0.372. The van der Waals surface area contributed by atoms with Gasteiger partial charge in [-0.2, -0.15) is 5.10 Å². The predicted octanol–water partition coefficient (Wildman–Crippen LogP) is 2.79.